The van der Waals surface area contributed by atoms with Gasteiger partial charge >= 0.3 is 5.97 Å². The molecule has 1 aliphatic rings. The molecule has 4 heteroatoms. The minimum absolute atomic E-state index is 0.191. The summed E-state index contributed by atoms with van der Waals surface area (Å²) in [5.74, 6) is -0.425. The zero-order valence-corrected chi connectivity index (χ0v) is 11.7. The van der Waals surface area contributed by atoms with Crippen LogP contribution in [0.3, 0.4) is 0 Å². The molecule has 1 heterocycles. The van der Waals surface area contributed by atoms with Crippen molar-refractivity contribution in [3.05, 3.63) is 28.8 Å². The topological polar surface area (TPSA) is 60.8 Å². The summed E-state index contributed by atoms with van der Waals surface area (Å²) in [6.45, 7) is 7.94. The molecule has 1 saturated heterocycles. The Morgan fingerprint density at radius 1 is 1.32 bits per heavy atom. The van der Waals surface area contributed by atoms with E-state index >= 15 is 0 Å². The van der Waals surface area contributed by atoms with Gasteiger partial charge in [-0.25, -0.2) is 0 Å². The van der Waals surface area contributed by atoms with E-state index in [0.717, 1.165) is 29.8 Å². The molecule has 1 fully saturated rings. The fraction of sp³-hybridized carbons (Fsp3) is 0.533. The summed E-state index contributed by atoms with van der Waals surface area (Å²) in [6.07, 6.45) is 0. The molecule has 0 spiro atoms. The summed E-state index contributed by atoms with van der Waals surface area (Å²) in [5.41, 5.74) is 2.88. The summed E-state index contributed by atoms with van der Waals surface area (Å²) in [5, 5.41) is 18.9. The highest BCUT2D eigenvalue weighted by Crippen LogP contribution is 2.27. The molecule has 0 amide bonds. The minimum atomic E-state index is -0.701. The van der Waals surface area contributed by atoms with E-state index in [1.54, 1.807) is 0 Å². The number of carboxylic acid groups (broad SMARTS) is 1. The number of phenols is 1. The van der Waals surface area contributed by atoms with Gasteiger partial charge in [-0.3, -0.25) is 9.69 Å². The Kier molecular flexibility index (Phi) is 3.80. The fourth-order valence-corrected chi connectivity index (χ4v) is 2.91. The number of phenolic OH excluding ortho intramolecular Hbond substituents is 1. The molecule has 0 aromatic heterocycles. The quantitative estimate of drug-likeness (QED) is 0.877. The predicted molar refractivity (Wildman–Crippen MR) is 73.1 cm³/mol. The van der Waals surface area contributed by atoms with Gasteiger partial charge in [-0.05, 0) is 36.5 Å². The van der Waals surface area contributed by atoms with Crippen LogP contribution in [0.5, 0.6) is 5.75 Å². The van der Waals surface area contributed by atoms with Crippen molar-refractivity contribution in [3.63, 3.8) is 0 Å². The molecule has 104 valence electrons. The number of benzene rings is 1. The van der Waals surface area contributed by atoms with Crippen molar-refractivity contribution in [1.29, 1.82) is 0 Å². The monoisotopic (exact) mass is 263 g/mol. The first-order valence-corrected chi connectivity index (χ1v) is 6.62. The van der Waals surface area contributed by atoms with Gasteiger partial charge in [0.2, 0.25) is 0 Å². The zero-order chi connectivity index (χ0) is 14.2. The third kappa shape index (κ3) is 2.89. The molecule has 2 rings (SSSR count). The van der Waals surface area contributed by atoms with Gasteiger partial charge < -0.3 is 10.2 Å². The average Bonchev–Trinajstić information content (AvgIpc) is 2.67. The Bertz CT molecular complexity index is 475. The highest BCUT2D eigenvalue weighted by atomic mass is 16.4. The second kappa shape index (κ2) is 5.21. The fourth-order valence-electron chi connectivity index (χ4n) is 2.91. The van der Waals surface area contributed by atoms with Gasteiger partial charge in [-0.15, -0.1) is 0 Å². The van der Waals surface area contributed by atoms with Gasteiger partial charge in [0.05, 0.1) is 5.92 Å². The van der Waals surface area contributed by atoms with E-state index in [4.69, 9.17) is 5.11 Å². The van der Waals surface area contributed by atoms with Crippen LogP contribution in [0, 0.1) is 25.7 Å². The second-order valence-electron chi connectivity index (χ2n) is 5.69. The number of carbonyl (C=O) groups is 1. The van der Waals surface area contributed by atoms with Gasteiger partial charge in [-0.1, -0.05) is 19.1 Å². The largest absolute Gasteiger partial charge is 0.507 e. The van der Waals surface area contributed by atoms with E-state index in [2.05, 4.69) is 4.90 Å². The third-order valence-corrected chi connectivity index (χ3v) is 3.96. The van der Waals surface area contributed by atoms with Crippen molar-refractivity contribution in [2.24, 2.45) is 11.8 Å². The zero-order valence-electron chi connectivity index (χ0n) is 11.7. The van der Waals surface area contributed by atoms with Gasteiger partial charge in [0.1, 0.15) is 5.75 Å². The molecule has 2 unspecified atom stereocenters. The van der Waals surface area contributed by atoms with Gasteiger partial charge in [0.15, 0.2) is 0 Å². The lowest BCUT2D eigenvalue weighted by Crippen LogP contribution is -2.23. The SMILES string of the molecule is Cc1cc(CN2CC(C)C(C(=O)O)C2)cc(C)c1O. The second-order valence-corrected chi connectivity index (χ2v) is 5.69. The summed E-state index contributed by atoms with van der Waals surface area (Å²) < 4.78 is 0. The van der Waals surface area contributed by atoms with Crippen LogP contribution >= 0.6 is 0 Å². The van der Waals surface area contributed by atoms with Crippen LogP contribution in [-0.2, 0) is 11.3 Å². The Labute approximate surface area is 113 Å². The number of nitrogens with zero attached hydrogens (tertiary/aromatic N) is 1. The highest BCUT2D eigenvalue weighted by Gasteiger charge is 2.34. The number of aromatic hydroxyl groups is 1. The van der Waals surface area contributed by atoms with Gasteiger partial charge in [-0.2, -0.15) is 0 Å². The molecule has 2 N–H and O–H groups in total. The standard InChI is InChI=1S/C15H21NO3/c1-9-4-12(5-10(2)14(9)17)7-16-6-11(3)13(8-16)15(18)19/h4-5,11,13,17H,6-8H2,1-3H3,(H,18,19). The van der Waals surface area contributed by atoms with E-state index in [1.807, 2.05) is 32.9 Å². The first-order valence-electron chi connectivity index (χ1n) is 6.62. The summed E-state index contributed by atoms with van der Waals surface area (Å²) in [4.78, 5) is 13.3. The Morgan fingerprint density at radius 2 is 1.89 bits per heavy atom. The molecular weight excluding hydrogens is 242 g/mol. The van der Waals surface area contributed by atoms with Crippen LogP contribution in [0.4, 0.5) is 0 Å². The van der Waals surface area contributed by atoms with Crippen LogP contribution in [0.25, 0.3) is 0 Å². The normalized spacial score (nSPS) is 23.7. The smallest absolute Gasteiger partial charge is 0.308 e. The van der Waals surface area contributed by atoms with E-state index in [-0.39, 0.29) is 11.8 Å². The Balaban J connectivity index is 2.09. The van der Waals surface area contributed by atoms with E-state index < -0.39 is 5.97 Å². The van der Waals surface area contributed by atoms with Gasteiger partial charge in [0.25, 0.3) is 0 Å². The third-order valence-electron chi connectivity index (χ3n) is 3.96. The number of aryl methyl sites for hydroxylation is 2. The molecule has 19 heavy (non-hydrogen) atoms. The first-order chi connectivity index (χ1) is 8.88. The maximum Gasteiger partial charge on any atom is 0.308 e. The molecule has 0 saturated carbocycles. The van der Waals surface area contributed by atoms with Crippen molar-refractivity contribution in [1.82, 2.24) is 4.90 Å². The number of likely N-dealkylation sites (tertiary alicyclic amines) is 1. The van der Waals surface area contributed by atoms with Crippen LogP contribution in [0.1, 0.15) is 23.6 Å². The van der Waals surface area contributed by atoms with Crippen molar-refractivity contribution in [3.8, 4) is 5.75 Å². The number of hydrogen-bond donors (Lipinski definition) is 2. The van der Waals surface area contributed by atoms with Crippen LogP contribution in [0.2, 0.25) is 0 Å². The maximum absolute atomic E-state index is 11.1. The van der Waals surface area contributed by atoms with Crippen molar-refractivity contribution in [2.45, 2.75) is 27.3 Å². The van der Waals surface area contributed by atoms with Crippen molar-refractivity contribution >= 4 is 5.97 Å². The van der Waals surface area contributed by atoms with Gasteiger partial charge in [0, 0.05) is 19.6 Å². The summed E-state index contributed by atoms with van der Waals surface area (Å²) >= 11 is 0. The number of hydrogen-bond acceptors (Lipinski definition) is 3. The molecule has 0 bridgehead atoms. The molecule has 0 radical (unpaired) electrons. The Morgan fingerprint density at radius 3 is 2.37 bits per heavy atom. The average molecular weight is 263 g/mol. The maximum atomic E-state index is 11.1. The molecular formula is C15H21NO3. The van der Waals surface area contributed by atoms with Crippen molar-refractivity contribution in [2.75, 3.05) is 13.1 Å². The molecule has 1 aliphatic heterocycles. The Hall–Kier alpha value is -1.55. The number of aliphatic carboxylic acids is 1. The van der Waals surface area contributed by atoms with E-state index in [0.29, 0.717) is 12.3 Å². The summed E-state index contributed by atoms with van der Waals surface area (Å²) in [6, 6.07) is 3.95. The highest BCUT2D eigenvalue weighted by molar-refractivity contribution is 5.71. The number of carboxylic acids is 1. The van der Waals surface area contributed by atoms with E-state index in [1.165, 1.54) is 0 Å². The van der Waals surface area contributed by atoms with E-state index in [9.17, 15) is 9.90 Å². The molecule has 1 aromatic carbocycles. The molecule has 4 nitrogen and oxygen atoms in total. The minimum Gasteiger partial charge on any atom is -0.507 e. The first kappa shape index (κ1) is 13.9. The lowest BCUT2D eigenvalue weighted by atomic mass is 9.99. The molecule has 2 atom stereocenters. The van der Waals surface area contributed by atoms with Crippen LogP contribution in [0.15, 0.2) is 12.1 Å². The number of rotatable bonds is 3. The lowest BCUT2D eigenvalue weighted by Gasteiger charge is -2.16. The van der Waals surface area contributed by atoms with Crippen LogP contribution in [-0.4, -0.2) is 34.2 Å². The molecule has 1 aromatic rings. The summed E-state index contributed by atoms with van der Waals surface area (Å²) in [7, 11) is 0. The van der Waals surface area contributed by atoms with Crippen molar-refractivity contribution < 1.29 is 15.0 Å². The predicted octanol–water partition coefficient (Wildman–Crippen LogP) is 2.16. The molecule has 0 aliphatic carbocycles. The lowest BCUT2D eigenvalue weighted by molar-refractivity contribution is -0.142. The van der Waals surface area contributed by atoms with Crippen LogP contribution < -0.4 is 0 Å².